The van der Waals surface area contributed by atoms with E-state index >= 15 is 0 Å². The van der Waals surface area contributed by atoms with Gasteiger partial charge in [0.2, 0.25) is 0 Å². The summed E-state index contributed by atoms with van der Waals surface area (Å²) in [5.74, 6) is -1.22. The van der Waals surface area contributed by atoms with Crippen LogP contribution in [-0.4, -0.2) is 44.9 Å². The zero-order valence-electron chi connectivity index (χ0n) is 10.0. The molecule has 1 unspecified atom stereocenters. The van der Waals surface area contributed by atoms with Gasteiger partial charge in [-0.15, -0.1) is 0 Å². The lowest BCUT2D eigenvalue weighted by Gasteiger charge is -2.22. The summed E-state index contributed by atoms with van der Waals surface area (Å²) in [4.78, 5) is 40.4. The maximum Gasteiger partial charge on any atom is 0.323 e. The molecule has 0 aliphatic carbocycles. The van der Waals surface area contributed by atoms with Gasteiger partial charge >= 0.3 is 11.7 Å². The van der Waals surface area contributed by atoms with Gasteiger partial charge < -0.3 is 20.0 Å². The zero-order chi connectivity index (χ0) is 13.3. The molecule has 1 amide bonds. The van der Waals surface area contributed by atoms with Gasteiger partial charge in [-0.2, -0.15) is 0 Å². The van der Waals surface area contributed by atoms with Crippen molar-refractivity contribution in [3.63, 3.8) is 0 Å². The van der Waals surface area contributed by atoms with E-state index < -0.39 is 17.1 Å². The fourth-order valence-electron chi connectivity index (χ4n) is 2.28. The summed E-state index contributed by atoms with van der Waals surface area (Å²) in [6, 6.07) is 0. The van der Waals surface area contributed by atoms with Gasteiger partial charge in [-0.1, -0.05) is 6.92 Å². The van der Waals surface area contributed by atoms with Crippen LogP contribution in [0.4, 0.5) is 0 Å². The van der Waals surface area contributed by atoms with Crippen molar-refractivity contribution in [2.75, 3.05) is 13.1 Å². The number of H-pyrrole nitrogens is 2. The van der Waals surface area contributed by atoms with E-state index in [-0.39, 0.29) is 18.1 Å². The number of aromatic amines is 2. The van der Waals surface area contributed by atoms with E-state index in [1.165, 1.54) is 11.1 Å². The molecule has 1 aromatic heterocycles. The molecule has 2 rings (SSSR count). The molecule has 98 valence electrons. The summed E-state index contributed by atoms with van der Waals surface area (Å²) in [5.41, 5.74) is -1.14. The molecular weight excluding hydrogens is 238 g/mol. The smallest absolute Gasteiger partial charge is 0.323 e. The molecule has 0 saturated carbocycles. The highest BCUT2D eigenvalue weighted by molar-refractivity contribution is 5.93. The average molecular weight is 253 g/mol. The minimum atomic E-state index is -0.872. The summed E-state index contributed by atoms with van der Waals surface area (Å²) in [7, 11) is 0. The Bertz CT molecular complexity index is 532. The standard InChI is InChI=1S/C11H15N3O4/c1-2-11(9(16)17)3-4-14(6-11)8(15)7-5-12-10(18)13-7/h5H,2-4,6H2,1H3,(H,16,17)(H2,12,13,18). The number of carbonyl (C=O) groups is 2. The highest BCUT2D eigenvalue weighted by atomic mass is 16.4. The minimum absolute atomic E-state index is 0.164. The third kappa shape index (κ3) is 1.92. The number of nitrogens with one attached hydrogen (secondary N) is 2. The lowest BCUT2D eigenvalue weighted by atomic mass is 9.84. The van der Waals surface area contributed by atoms with Crippen molar-refractivity contribution in [3.05, 3.63) is 22.4 Å². The van der Waals surface area contributed by atoms with Gasteiger partial charge in [-0.3, -0.25) is 9.59 Å². The second-order valence-corrected chi connectivity index (χ2v) is 4.57. The van der Waals surface area contributed by atoms with Gasteiger partial charge in [0.1, 0.15) is 5.69 Å². The number of imidazole rings is 1. The first-order chi connectivity index (χ1) is 8.48. The van der Waals surface area contributed by atoms with Crippen LogP contribution in [-0.2, 0) is 4.79 Å². The minimum Gasteiger partial charge on any atom is -0.481 e. The predicted octanol–water partition coefficient (Wildman–Crippen LogP) is 0.0299. The molecule has 7 heteroatoms. The van der Waals surface area contributed by atoms with Crippen LogP contribution in [0, 0.1) is 5.41 Å². The molecule has 1 aromatic rings. The van der Waals surface area contributed by atoms with Gasteiger partial charge in [-0.25, -0.2) is 4.79 Å². The summed E-state index contributed by atoms with van der Waals surface area (Å²) < 4.78 is 0. The molecule has 0 bridgehead atoms. The molecule has 1 aliphatic heterocycles. The molecule has 0 radical (unpaired) electrons. The number of aromatic nitrogens is 2. The Balaban J connectivity index is 2.16. The van der Waals surface area contributed by atoms with Crippen LogP contribution in [0.25, 0.3) is 0 Å². The number of rotatable bonds is 3. The monoisotopic (exact) mass is 253 g/mol. The highest BCUT2D eigenvalue weighted by Crippen LogP contribution is 2.34. The number of amides is 1. The Hall–Kier alpha value is -2.05. The topological polar surface area (TPSA) is 106 Å². The average Bonchev–Trinajstić information content (AvgIpc) is 2.95. The Kier molecular flexibility index (Phi) is 2.98. The number of hydrogen-bond acceptors (Lipinski definition) is 3. The second kappa shape index (κ2) is 4.32. The number of likely N-dealkylation sites (tertiary alicyclic amines) is 1. The summed E-state index contributed by atoms with van der Waals surface area (Å²) in [6.07, 6.45) is 2.23. The number of aliphatic carboxylic acids is 1. The fraction of sp³-hybridized carbons (Fsp3) is 0.545. The largest absolute Gasteiger partial charge is 0.481 e. The molecule has 18 heavy (non-hydrogen) atoms. The molecule has 7 nitrogen and oxygen atoms in total. The van der Waals surface area contributed by atoms with Crippen molar-refractivity contribution in [1.82, 2.24) is 14.9 Å². The van der Waals surface area contributed by atoms with Crippen LogP contribution >= 0.6 is 0 Å². The number of carboxylic acids is 1. The van der Waals surface area contributed by atoms with Crippen LogP contribution in [0.1, 0.15) is 30.3 Å². The van der Waals surface area contributed by atoms with E-state index in [1.807, 2.05) is 0 Å². The zero-order valence-corrected chi connectivity index (χ0v) is 10.0. The Morgan fingerprint density at radius 2 is 2.28 bits per heavy atom. The quantitative estimate of drug-likeness (QED) is 0.706. The van der Waals surface area contributed by atoms with E-state index in [9.17, 15) is 19.5 Å². The van der Waals surface area contributed by atoms with Gasteiger partial charge in [0.25, 0.3) is 5.91 Å². The normalized spacial score (nSPS) is 23.3. The Morgan fingerprint density at radius 3 is 2.72 bits per heavy atom. The second-order valence-electron chi connectivity index (χ2n) is 4.57. The number of carboxylic acid groups (broad SMARTS) is 1. The number of nitrogens with zero attached hydrogens (tertiary/aromatic N) is 1. The van der Waals surface area contributed by atoms with E-state index in [4.69, 9.17) is 0 Å². The molecule has 1 saturated heterocycles. The molecular formula is C11H15N3O4. The lowest BCUT2D eigenvalue weighted by Crippen LogP contribution is -2.36. The molecule has 1 aliphatic rings. The van der Waals surface area contributed by atoms with E-state index in [0.717, 1.165) is 0 Å². The summed E-state index contributed by atoms with van der Waals surface area (Å²) in [5, 5.41) is 9.24. The lowest BCUT2D eigenvalue weighted by molar-refractivity contribution is -0.148. The van der Waals surface area contributed by atoms with Gasteiger partial charge in [0.05, 0.1) is 5.41 Å². The fourth-order valence-corrected chi connectivity index (χ4v) is 2.28. The Morgan fingerprint density at radius 1 is 1.56 bits per heavy atom. The summed E-state index contributed by atoms with van der Waals surface area (Å²) in [6.45, 7) is 2.39. The molecule has 1 atom stereocenters. The van der Waals surface area contributed by atoms with Gasteiger partial charge in [-0.05, 0) is 12.8 Å². The summed E-state index contributed by atoms with van der Waals surface area (Å²) >= 11 is 0. The van der Waals surface area contributed by atoms with Crippen molar-refractivity contribution >= 4 is 11.9 Å². The van der Waals surface area contributed by atoms with Crippen LogP contribution in [0.5, 0.6) is 0 Å². The number of hydrogen-bond donors (Lipinski definition) is 3. The highest BCUT2D eigenvalue weighted by Gasteiger charge is 2.45. The SMILES string of the molecule is CCC1(C(=O)O)CCN(C(=O)c2c[nH]c(=O)[nH]2)C1. The number of carbonyl (C=O) groups excluding carboxylic acids is 1. The van der Waals surface area contributed by atoms with E-state index in [0.29, 0.717) is 19.4 Å². The third-order valence-electron chi connectivity index (χ3n) is 3.60. The maximum atomic E-state index is 12.0. The molecule has 1 fully saturated rings. The van der Waals surface area contributed by atoms with Gasteiger partial charge in [0.15, 0.2) is 0 Å². The molecule has 2 heterocycles. The van der Waals surface area contributed by atoms with Crippen LogP contribution < -0.4 is 5.69 Å². The Labute approximate surface area is 103 Å². The maximum absolute atomic E-state index is 12.0. The molecule has 0 aromatic carbocycles. The third-order valence-corrected chi connectivity index (χ3v) is 3.60. The molecule has 3 N–H and O–H groups in total. The van der Waals surface area contributed by atoms with Crippen LogP contribution in [0.15, 0.2) is 11.0 Å². The van der Waals surface area contributed by atoms with Crippen molar-refractivity contribution in [1.29, 1.82) is 0 Å². The first-order valence-corrected chi connectivity index (χ1v) is 5.79. The first-order valence-electron chi connectivity index (χ1n) is 5.79. The predicted molar refractivity (Wildman–Crippen MR) is 62.3 cm³/mol. The van der Waals surface area contributed by atoms with E-state index in [2.05, 4.69) is 9.97 Å². The van der Waals surface area contributed by atoms with Crippen molar-refractivity contribution in [3.8, 4) is 0 Å². The van der Waals surface area contributed by atoms with Crippen molar-refractivity contribution in [2.45, 2.75) is 19.8 Å². The van der Waals surface area contributed by atoms with Gasteiger partial charge in [0, 0.05) is 19.3 Å². The van der Waals surface area contributed by atoms with Crippen LogP contribution in [0.2, 0.25) is 0 Å². The van der Waals surface area contributed by atoms with Crippen molar-refractivity contribution in [2.24, 2.45) is 5.41 Å². The van der Waals surface area contributed by atoms with Crippen molar-refractivity contribution < 1.29 is 14.7 Å². The van der Waals surface area contributed by atoms with E-state index in [1.54, 1.807) is 6.92 Å². The van der Waals surface area contributed by atoms with Crippen LogP contribution in [0.3, 0.4) is 0 Å². The first kappa shape index (κ1) is 12.4. The molecule has 0 spiro atoms.